The van der Waals surface area contributed by atoms with Gasteiger partial charge in [-0.1, -0.05) is 50.2 Å². The van der Waals surface area contributed by atoms with Crippen molar-refractivity contribution in [2.75, 3.05) is 0 Å². The number of hydrogen-bond acceptors (Lipinski definition) is 2. The van der Waals surface area contributed by atoms with Crippen molar-refractivity contribution in [3.8, 4) is 5.75 Å². The van der Waals surface area contributed by atoms with Crippen molar-refractivity contribution >= 4 is 5.97 Å². The van der Waals surface area contributed by atoms with Gasteiger partial charge in [0.1, 0.15) is 12.4 Å². The number of carboxylic acid groups (broad SMARTS) is 1. The van der Waals surface area contributed by atoms with Crippen LogP contribution in [0.15, 0.2) is 48.5 Å². The van der Waals surface area contributed by atoms with E-state index in [1.807, 2.05) is 12.1 Å². The number of carbonyl (C=O) groups is 1. The van der Waals surface area contributed by atoms with E-state index >= 15 is 0 Å². The highest BCUT2D eigenvalue weighted by Gasteiger charge is 2.03. The van der Waals surface area contributed by atoms with Crippen LogP contribution in [0.1, 0.15) is 36.5 Å². The summed E-state index contributed by atoms with van der Waals surface area (Å²) in [6.07, 6.45) is 0.0142. The third-order valence-electron chi connectivity index (χ3n) is 3.31. The zero-order valence-corrected chi connectivity index (χ0v) is 12.4. The van der Waals surface area contributed by atoms with E-state index in [9.17, 15) is 4.79 Å². The van der Waals surface area contributed by atoms with Gasteiger partial charge in [0, 0.05) is 0 Å². The van der Waals surface area contributed by atoms with E-state index in [0.717, 1.165) is 11.1 Å². The molecule has 0 saturated carbocycles. The first-order valence-electron chi connectivity index (χ1n) is 7.07. The molecule has 3 nitrogen and oxygen atoms in total. The van der Waals surface area contributed by atoms with E-state index in [4.69, 9.17) is 9.84 Å². The van der Waals surface area contributed by atoms with Gasteiger partial charge in [-0.05, 0) is 34.7 Å². The summed E-state index contributed by atoms with van der Waals surface area (Å²) in [7, 11) is 0. The van der Waals surface area contributed by atoms with Gasteiger partial charge in [0.2, 0.25) is 0 Å². The molecule has 3 heteroatoms. The molecular weight excluding hydrogens is 264 g/mol. The summed E-state index contributed by atoms with van der Waals surface area (Å²) in [6.45, 7) is 4.81. The lowest BCUT2D eigenvalue weighted by atomic mass is 10.0. The smallest absolute Gasteiger partial charge is 0.307 e. The maximum absolute atomic E-state index is 10.7. The minimum atomic E-state index is -0.837. The minimum Gasteiger partial charge on any atom is -0.489 e. The predicted octanol–water partition coefficient (Wildman–Crippen LogP) is 4.02. The quantitative estimate of drug-likeness (QED) is 0.871. The number of hydrogen-bond donors (Lipinski definition) is 1. The van der Waals surface area contributed by atoms with Crippen molar-refractivity contribution in [2.45, 2.75) is 32.8 Å². The highest BCUT2D eigenvalue weighted by Crippen LogP contribution is 2.18. The molecule has 110 valence electrons. The molecule has 0 atom stereocenters. The molecule has 2 aromatic rings. The molecule has 0 fully saturated rings. The summed E-state index contributed by atoms with van der Waals surface area (Å²) < 4.78 is 5.72. The summed E-state index contributed by atoms with van der Waals surface area (Å²) in [6, 6.07) is 15.6. The Morgan fingerprint density at radius 3 is 2.43 bits per heavy atom. The molecule has 0 amide bonds. The summed E-state index contributed by atoms with van der Waals surface area (Å²) in [5.74, 6) is 0.380. The van der Waals surface area contributed by atoms with Crippen LogP contribution < -0.4 is 4.74 Å². The van der Waals surface area contributed by atoms with Gasteiger partial charge in [-0.15, -0.1) is 0 Å². The van der Waals surface area contributed by atoms with Crippen LogP contribution in [0, 0.1) is 0 Å². The fourth-order valence-electron chi connectivity index (χ4n) is 2.09. The Kier molecular flexibility index (Phi) is 4.99. The molecule has 1 N–H and O–H groups in total. The zero-order chi connectivity index (χ0) is 15.2. The first-order chi connectivity index (χ1) is 10.0. The molecule has 0 saturated heterocycles. The van der Waals surface area contributed by atoms with Crippen molar-refractivity contribution < 1.29 is 14.6 Å². The van der Waals surface area contributed by atoms with Gasteiger partial charge in [-0.25, -0.2) is 0 Å². The molecule has 0 bridgehead atoms. The molecular formula is C18H20O3. The van der Waals surface area contributed by atoms with Crippen LogP contribution in [0.3, 0.4) is 0 Å². The summed E-state index contributed by atoms with van der Waals surface area (Å²) in [5.41, 5.74) is 3.15. The van der Waals surface area contributed by atoms with Crippen molar-refractivity contribution in [1.29, 1.82) is 0 Å². The van der Waals surface area contributed by atoms with Crippen molar-refractivity contribution in [1.82, 2.24) is 0 Å². The Morgan fingerprint density at radius 1 is 1.10 bits per heavy atom. The molecule has 0 aliphatic heterocycles. The average Bonchev–Trinajstić information content (AvgIpc) is 2.45. The minimum absolute atomic E-state index is 0.0142. The number of aliphatic carboxylic acids is 1. The summed E-state index contributed by atoms with van der Waals surface area (Å²) >= 11 is 0. The molecule has 21 heavy (non-hydrogen) atoms. The topological polar surface area (TPSA) is 46.5 Å². The van der Waals surface area contributed by atoms with Gasteiger partial charge in [-0.2, -0.15) is 0 Å². The van der Waals surface area contributed by atoms with E-state index < -0.39 is 5.97 Å². The molecule has 0 aliphatic rings. The Morgan fingerprint density at radius 2 is 1.81 bits per heavy atom. The van der Waals surface area contributed by atoms with Crippen LogP contribution in [0.4, 0.5) is 0 Å². The van der Waals surface area contributed by atoms with E-state index in [-0.39, 0.29) is 6.42 Å². The molecule has 0 aromatic heterocycles. The Bertz CT molecular complexity index is 600. The average molecular weight is 284 g/mol. The van der Waals surface area contributed by atoms with Gasteiger partial charge < -0.3 is 9.84 Å². The lowest BCUT2D eigenvalue weighted by Crippen LogP contribution is -2.01. The number of ether oxygens (including phenoxy) is 1. The molecule has 2 rings (SSSR count). The Labute approximate surface area is 125 Å². The van der Waals surface area contributed by atoms with Gasteiger partial charge in [0.15, 0.2) is 0 Å². The molecule has 0 aliphatic carbocycles. The van der Waals surface area contributed by atoms with Crippen molar-refractivity contribution in [3.63, 3.8) is 0 Å². The Hall–Kier alpha value is -2.29. The fraction of sp³-hybridized carbons (Fsp3) is 0.278. The summed E-state index contributed by atoms with van der Waals surface area (Å²) in [5, 5.41) is 8.80. The fourth-order valence-corrected chi connectivity index (χ4v) is 2.09. The highest BCUT2D eigenvalue weighted by atomic mass is 16.5. The first-order valence-corrected chi connectivity index (χ1v) is 7.07. The third-order valence-corrected chi connectivity index (χ3v) is 3.31. The highest BCUT2D eigenvalue weighted by molar-refractivity contribution is 5.70. The molecule has 0 heterocycles. The monoisotopic (exact) mass is 284 g/mol. The van der Waals surface area contributed by atoms with Crippen LogP contribution in [0.5, 0.6) is 5.75 Å². The second kappa shape index (κ2) is 6.93. The van der Waals surface area contributed by atoms with Gasteiger partial charge in [0.05, 0.1) is 6.42 Å². The zero-order valence-electron chi connectivity index (χ0n) is 12.4. The van der Waals surface area contributed by atoms with Crippen LogP contribution in [-0.4, -0.2) is 11.1 Å². The largest absolute Gasteiger partial charge is 0.489 e. The number of rotatable bonds is 6. The molecule has 2 aromatic carbocycles. The van der Waals surface area contributed by atoms with Gasteiger partial charge in [0.25, 0.3) is 0 Å². The van der Waals surface area contributed by atoms with Gasteiger partial charge >= 0.3 is 5.97 Å². The molecule has 0 unspecified atom stereocenters. The molecule has 0 spiro atoms. The SMILES string of the molecule is CC(C)c1ccc(COc2cccc(CC(=O)O)c2)cc1. The third kappa shape index (κ3) is 4.63. The maximum atomic E-state index is 10.7. The van der Waals surface area contributed by atoms with Gasteiger partial charge in [-0.3, -0.25) is 4.79 Å². The second-order valence-electron chi connectivity index (χ2n) is 5.40. The lowest BCUT2D eigenvalue weighted by Gasteiger charge is -2.09. The standard InChI is InChI=1S/C18H20O3/c1-13(2)16-8-6-14(7-9-16)12-21-17-5-3-4-15(10-17)11-18(19)20/h3-10,13H,11-12H2,1-2H3,(H,19,20). The number of carboxylic acids is 1. The van der Waals surface area contributed by atoms with Crippen LogP contribution >= 0.6 is 0 Å². The maximum Gasteiger partial charge on any atom is 0.307 e. The summed E-state index contributed by atoms with van der Waals surface area (Å²) in [4.78, 5) is 10.7. The predicted molar refractivity (Wildman–Crippen MR) is 82.6 cm³/mol. The normalized spacial score (nSPS) is 10.6. The Balaban J connectivity index is 1.97. The van der Waals surface area contributed by atoms with Crippen molar-refractivity contribution in [2.24, 2.45) is 0 Å². The van der Waals surface area contributed by atoms with Crippen LogP contribution in [0.2, 0.25) is 0 Å². The second-order valence-corrected chi connectivity index (χ2v) is 5.40. The van der Waals surface area contributed by atoms with E-state index in [0.29, 0.717) is 18.3 Å². The molecule has 0 radical (unpaired) electrons. The number of benzene rings is 2. The van der Waals surface area contributed by atoms with Crippen LogP contribution in [-0.2, 0) is 17.8 Å². The van der Waals surface area contributed by atoms with E-state index in [2.05, 4.69) is 38.1 Å². The lowest BCUT2D eigenvalue weighted by molar-refractivity contribution is -0.136. The first kappa shape index (κ1) is 15.1. The van der Waals surface area contributed by atoms with E-state index in [1.54, 1.807) is 12.1 Å². The van der Waals surface area contributed by atoms with Crippen molar-refractivity contribution in [3.05, 3.63) is 65.2 Å². The van der Waals surface area contributed by atoms with E-state index in [1.165, 1.54) is 5.56 Å². The van der Waals surface area contributed by atoms with Crippen LogP contribution in [0.25, 0.3) is 0 Å².